The first-order valence-corrected chi connectivity index (χ1v) is 23.4. The van der Waals surface area contributed by atoms with Crippen molar-refractivity contribution >= 4 is 29.7 Å². The highest BCUT2D eigenvalue weighted by Crippen LogP contribution is 2.38. The molecule has 2 saturated heterocycles. The number of carboxylic acid groups (broad SMARTS) is 1. The maximum absolute atomic E-state index is 13.8. The minimum Gasteiger partial charge on any atom is -0.465 e. The number of ether oxygens (including phenoxy) is 1. The van der Waals surface area contributed by atoms with Crippen LogP contribution < -0.4 is 10.2 Å². The van der Waals surface area contributed by atoms with Gasteiger partial charge in [0.1, 0.15) is 23.7 Å². The van der Waals surface area contributed by atoms with Gasteiger partial charge in [0.05, 0.1) is 54.4 Å². The molecule has 0 saturated carbocycles. The number of likely N-dealkylation sites (tertiary alicyclic amines) is 2. The van der Waals surface area contributed by atoms with E-state index in [-0.39, 0.29) is 35.7 Å². The second-order valence-electron chi connectivity index (χ2n) is 18.7. The number of alkyl carbamates (subject to hydrolysis) is 1. The molecule has 6 aromatic rings. The standard InChI is InChI=1S/C52H62N10O6/c1-31(2)45(57-51(65)68-8)49(63)60-27-9-11-43(60)47-53-29-39(55-47)33-13-17-35(18-14-33)41-25-26-42(62(41)38-23-21-37(22-24-38)58(5)6)36-19-15-34(16-20-36)40-30-54-48(56-40)44-12-10-28-61(44)50(64)46(32(3)4)59(7)52(66)67/h13-26,29-32,43-46H,9-12,27-28H2,1-8H3,(H,53,55)(H,54,56)(H,57,65)(H,66,67)/t43-,44-,45-,46-/m0/s1. The molecule has 0 unspecified atom stereocenters. The summed E-state index contributed by atoms with van der Waals surface area (Å²) in [4.78, 5) is 74.7. The van der Waals surface area contributed by atoms with Gasteiger partial charge in [0, 0.05) is 45.6 Å². The number of likely N-dealkylation sites (N-methyl/N-ethyl adjacent to an activating group) is 1. The molecule has 2 aliphatic rings. The van der Waals surface area contributed by atoms with Gasteiger partial charge in [-0.05, 0) is 96.2 Å². The zero-order chi connectivity index (χ0) is 48.4. The average Bonchev–Trinajstić information content (AvgIpc) is 4.20. The Kier molecular flexibility index (Phi) is 13.8. The van der Waals surface area contributed by atoms with Crippen LogP contribution in [0.15, 0.2) is 97.3 Å². The molecule has 0 bridgehead atoms. The van der Waals surface area contributed by atoms with Gasteiger partial charge in [-0.3, -0.25) is 14.5 Å². The molecular weight excluding hydrogens is 861 g/mol. The number of carbonyl (C=O) groups is 4. The fraction of sp³-hybridized carbons (Fsp3) is 0.385. The molecule has 0 aliphatic carbocycles. The Morgan fingerprint density at radius 1 is 0.676 bits per heavy atom. The molecule has 4 N–H and O–H groups in total. The van der Waals surface area contributed by atoms with Crippen molar-refractivity contribution in [2.75, 3.05) is 46.2 Å². The number of H-pyrrole nitrogens is 2. The summed E-state index contributed by atoms with van der Waals surface area (Å²) in [6.07, 6.45) is 5.00. The summed E-state index contributed by atoms with van der Waals surface area (Å²) in [6, 6.07) is 27.5. The van der Waals surface area contributed by atoms with Gasteiger partial charge in [0.25, 0.3) is 0 Å². The molecule has 16 heteroatoms. The summed E-state index contributed by atoms with van der Waals surface area (Å²) in [6.45, 7) is 8.67. The lowest BCUT2D eigenvalue weighted by Gasteiger charge is -2.33. The zero-order valence-corrected chi connectivity index (χ0v) is 40.1. The van der Waals surface area contributed by atoms with Crippen LogP contribution in [-0.2, 0) is 14.3 Å². The molecule has 3 aromatic heterocycles. The molecule has 4 amide bonds. The number of methoxy groups -OCH3 is 1. The number of nitrogens with zero attached hydrogens (tertiary/aromatic N) is 7. The SMILES string of the molecule is COC(=O)N[C@H](C(=O)N1CCC[C@H]1c1ncc(-c2ccc(-c3ccc(-c4ccc(-c5cnc([C@@H]6CCCN6C(=O)[C@H](C(C)C)N(C)C(=O)O)[nH]5)cc4)n3-c3ccc(N(C)C)cc3)cc2)[nH]1)C(C)C. The first-order valence-electron chi connectivity index (χ1n) is 23.4. The van der Waals surface area contributed by atoms with E-state index in [1.807, 2.05) is 52.9 Å². The average molecular weight is 923 g/mol. The molecule has 8 rings (SSSR count). The van der Waals surface area contributed by atoms with Crippen LogP contribution >= 0.6 is 0 Å². The maximum Gasteiger partial charge on any atom is 0.407 e. The normalized spacial score (nSPS) is 16.9. The predicted molar refractivity (Wildman–Crippen MR) is 262 cm³/mol. The van der Waals surface area contributed by atoms with Crippen LogP contribution in [0.4, 0.5) is 15.3 Å². The number of nitrogens with one attached hydrogen (secondary N) is 3. The molecule has 2 aliphatic heterocycles. The number of rotatable bonds is 14. The van der Waals surface area contributed by atoms with Crippen LogP contribution in [0.2, 0.25) is 0 Å². The van der Waals surface area contributed by atoms with E-state index in [0.717, 1.165) is 87.0 Å². The fourth-order valence-corrected chi connectivity index (χ4v) is 9.71. The minimum atomic E-state index is -1.13. The summed E-state index contributed by atoms with van der Waals surface area (Å²) in [7, 11) is 6.80. The topological polar surface area (TPSA) is 185 Å². The van der Waals surface area contributed by atoms with Crippen LogP contribution in [0.5, 0.6) is 0 Å². The van der Waals surface area contributed by atoms with E-state index in [2.05, 4.69) is 110 Å². The van der Waals surface area contributed by atoms with Gasteiger partial charge in [0.15, 0.2) is 0 Å². The van der Waals surface area contributed by atoms with Crippen molar-refractivity contribution in [2.45, 2.75) is 77.5 Å². The van der Waals surface area contributed by atoms with Crippen LogP contribution in [0.3, 0.4) is 0 Å². The van der Waals surface area contributed by atoms with Crippen LogP contribution in [-0.4, -0.2) is 122 Å². The van der Waals surface area contributed by atoms with Crippen molar-refractivity contribution in [3.63, 3.8) is 0 Å². The van der Waals surface area contributed by atoms with Crippen molar-refractivity contribution in [3.05, 3.63) is 109 Å². The highest BCUT2D eigenvalue weighted by atomic mass is 16.5. The number of amides is 4. The van der Waals surface area contributed by atoms with Gasteiger partial charge < -0.3 is 44.4 Å². The van der Waals surface area contributed by atoms with Crippen LogP contribution in [0.1, 0.15) is 77.1 Å². The monoisotopic (exact) mass is 922 g/mol. The number of anilines is 1. The van der Waals surface area contributed by atoms with Crippen LogP contribution in [0, 0.1) is 11.8 Å². The third-order valence-corrected chi connectivity index (χ3v) is 13.4. The van der Waals surface area contributed by atoms with Crippen molar-refractivity contribution in [1.82, 2.24) is 44.5 Å². The molecule has 3 aromatic carbocycles. The molecule has 4 atom stereocenters. The van der Waals surface area contributed by atoms with Gasteiger partial charge in [-0.1, -0.05) is 76.2 Å². The van der Waals surface area contributed by atoms with Crippen molar-refractivity contribution in [3.8, 4) is 50.7 Å². The molecule has 356 valence electrons. The second kappa shape index (κ2) is 19.9. The van der Waals surface area contributed by atoms with E-state index in [1.165, 1.54) is 14.2 Å². The molecule has 2 fully saturated rings. The van der Waals surface area contributed by atoms with Crippen LogP contribution in [0.25, 0.3) is 50.7 Å². The van der Waals surface area contributed by atoms with E-state index >= 15 is 0 Å². The number of carbonyl (C=O) groups excluding carboxylic acids is 3. The molecule has 16 nitrogen and oxygen atoms in total. The number of hydrogen-bond donors (Lipinski definition) is 4. The third-order valence-electron chi connectivity index (χ3n) is 13.4. The van der Waals surface area contributed by atoms with Gasteiger partial charge in [-0.2, -0.15) is 0 Å². The lowest BCUT2D eigenvalue weighted by atomic mass is 10.0. The first-order chi connectivity index (χ1) is 32.6. The highest BCUT2D eigenvalue weighted by molar-refractivity contribution is 5.87. The summed E-state index contributed by atoms with van der Waals surface area (Å²) >= 11 is 0. The summed E-state index contributed by atoms with van der Waals surface area (Å²) < 4.78 is 7.07. The Labute approximate surface area is 397 Å². The van der Waals surface area contributed by atoms with Gasteiger partial charge in [-0.15, -0.1) is 0 Å². The molecule has 0 spiro atoms. The number of aromatic nitrogens is 5. The maximum atomic E-state index is 13.8. The summed E-state index contributed by atoms with van der Waals surface area (Å²) in [5.74, 6) is 0.739. The number of aromatic amines is 2. The lowest BCUT2D eigenvalue weighted by Crippen LogP contribution is -2.51. The minimum absolute atomic E-state index is 0.122. The smallest absolute Gasteiger partial charge is 0.407 e. The van der Waals surface area contributed by atoms with Gasteiger partial charge in [0.2, 0.25) is 11.8 Å². The van der Waals surface area contributed by atoms with Crippen molar-refractivity contribution in [1.29, 1.82) is 0 Å². The Morgan fingerprint density at radius 3 is 1.57 bits per heavy atom. The second-order valence-corrected chi connectivity index (χ2v) is 18.7. The first kappa shape index (κ1) is 47.1. The largest absolute Gasteiger partial charge is 0.465 e. The number of benzene rings is 3. The summed E-state index contributed by atoms with van der Waals surface area (Å²) in [5.41, 5.74) is 9.76. The Bertz CT molecular complexity index is 2740. The van der Waals surface area contributed by atoms with Crippen molar-refractivity contribution in [2.24, 2.45) is 11.8 Å². The Balaban J connectivity index is 1.04. The predicted octanol–water partition coefficient (Wildman–Crippen LogP) is 9.00. The van der Waals surface area contributed by atoms with Crippen molar-refractivity contribution < 1.29 is 29.0 Å². The molecular formula is C52H62N10O6. The van der Waals surface area contributed by atoms with E-state index in [0.29, 0.717) is 24.7 Å². The zero-order valence-electron chi connectivity index (χ0n) is 40.1. The lowest BCUT2D eigenvalue weighted by molar-refractivity contribution is -0.138. The van der Waals surface area contributed by atoms with E-state index in [1.54, 1.807) is 11.1 Å². The Hall–Kier alpha value is -7.36. The quantitative estimate of drug-likeness (QED) is 0.0828. The van der Waals surface area contributed by atoms with Gasteiger partial charge in [-0.25, -0.2) is 19.6 Å². The summed E-state index contributed by atoms with van der Waals surface area (Å²) in [5, 5.41) is 12.4. The fourth-order valence-electron chi connectivity index (χ4n) is 9.71. The van der Waals surface area contributed by atoms with E-state index < -0.39 is 24.3 Å². The Morgan fingerprint density at radius 2 is 1.15 bits per heavy atom. The molecule has 68 heavy (non-hydrogen) atoms. The highest BCUT2D eigenvalue weighted by Gasteiger charge is 2.40. The van der Waals surface area contributed by atoms with E-state index in [9.17, 15) is 24.3 Å². The third kappa shape index (κ3) is 9.44. The molecule has 5 heterocycles. The number of imidazole rings is 2. The van der Waals surface area contributed by atoms with E-state index in [4.69, 9.17) is 14.7 Å². The van der Waals surface area contributed by atoms with Gasteiger partial charge >= 0.3 is 12.2 Å². The molecule has 0 radical (unpaired) electrons. The number of hydrogen-bond acceptors (Lipinski definition) is 8.